The third kappa shape index (κ3) is 3.75. The maximum absolute atomic E-state index is 8.73. The summed E-state index contributed by atoms with van der Waals surface area (Å²) in [5.74, 6) is 0.832. The quantitative estimate of drug-likeness (QED) is 0.869. The Labute approximate surface area is 107 Å². The van der Waals surface area contributed by atoms with E-state index in [1.54, 1.807) is 6.08 Å². The molecule has 2 aromatic carbocycles. The minimum Gasteiger partial charge on any atom is -0.489 e. The van der Waals surface area contributed by atoms with Gasteiger partial charge in [0.05, 0.1) is 6.61 Å². The predicted molar refractivity (Wildman–Crippen MR) is 73.3 cm³/mol. The van der Waals surface area contributed by atoms with Crippen LogP contribution in [-0.2, 0) is 6.61 Å². The molecule has 0 bridgehead atoms. The van der Waals surface area contributed by atoms with Crippen LogP contribution in [0.15, 0.2) is 60.7 Å². The van der Waals surface area contributed by atoms with E-state index in [4.69, 9.17) is 9.84 Å². The summed E-state index contributed by atoms with van der Waals surface area (Å²) in [6.07, 6.45) is 3.58. The second-order valence-electron chi connectivity index (χ2n) is 3.93. The number of hydrogen-bond acceptors (Lipinski definition) is 2. The molecule has 0 atom stereocenters. The second-order valence-corrected chi connectivity index (χ2v) is 3.93. The smallest absolute Gasteiger partial charge is 0.120 e. The molecule has 18 heavy (non-hydrogen) atoms. The van der Waals surface area contributed by atoms with Crippen molar-refractivity contribution in [3.05, 3.63) is 71.8 Å². The molecule has 0 spiro atoms. The van der Waals surface area contributed by atoms with Crippen LogP contribution in [0.5, 0.6) is 5.75 Å². The van der Waals surface area contributed by atoms with Crippen molar-refractivity contribution in [2.75, 3.05) is 6.61 Å². The Balaban J connectivity index is 1.99. The zero-order valence-corrected chi connectivity index (χ0v) is 10.1. The van der Waals surface area contributed by atoms with E-state index in [0.29, 0.717) is 6.61 Å². The molecular weight excluding hydrogens is 224 g/mol. The summed E-state index contributed by atoms with van der Waals surface area (Å²) in [6, 6.07) is 17.9. The van der Waals surface area contributed by atoms with Gasteiger partial charge in [-0.05, 0) is 23.3 Å². The van der Waals surface area contributed by atoms with Gasteiger partial charge in [-0.25, -0.2) is 0 Å². The van der Waals surface area contributed by atoms with Gasteiger partial charge < -0.3 is 9.84 Å². The van der Waals surface area contributed by atoms with Crippen molar-refractivity contribution in [2.24, 2.45) is 0 Å². The lowest BCUT2D eigenvalue weighted by Gasteiger charge is -2.06. The molecule has 92 valence electrons. The normalized spacial score (nSPS) is 10.7. The van der Waals surface area contributed by atoms with Crippen LogP contribution in [0.3, 0.4) is 0 Å². The molecule has 0 saturated heterocycles. The van der Waals surface area contributed by atoms with Gasteiger partial charge in [0.1, 0.15) is 12.4 Å². The van der Waals surface area contributed by atoms with Crippen molar-refractivity contribution in [3.8, 4) is 5.75 Å². The first kappa shape index (κ1) is 12.4. The number of ether oxygens (including phenoxy) is 1. The van der Waals surface area contributed by atoms with Crippen LogP contribution in [0.4, 0.5) is 0 Å². The summed E-state index contributed by atoms with van der Waals surface area (Å²) in [5.41, 5.74) is 2.17. The van der Waals surface area contributed by atoms with Crippen LogP contribution in [0, 0.1) is 0 Å². The minimum absolute atomic E-state index is 0.0507. The molecule has 0 fully saturated rings. The lowest BCUT2D eigenvalue weighted by molar-refractivity contribution is 0.306. The molecule has 2 aromatic rings. The third-order valence-corrected chi connectivity index (χ3v) is 2.52. The SMILES string of the molecule is OC/C=C/c1cccc(OCc2ccccc2)c1. The largest absolute Gasteiger partial charge is 0.489 e. The van der Waals surface area contributed by atoms with Gasteiger partial charge in [0, 0.05) is 0 Å². The van der Waals surface area contributed by atoms with Crippen LogP contribution >= 0.6 is 0 Å². The Morgan fingerprint density at radius 3 is 2.61 bits per heavy atom. The maximum atomic E-state index is 8.73. The summed E-state index contributed by atoms with van der Waals surface area (Å²) in [5, 5.41) is 8.73. The van der Waals surface area contributed by atoms with Crippen molar-refractivity contribution >= 4 is 6.08 Å². The van der Waals surface area contributed by atoms with Crippen LogP contribution in [0.1, 0.15) is 11.1 Å². The van der Waals surface area contributed by atoms with Crippen LogP contribution in [0.25, 0.3) is 6.08 Å². The molecule has 2 heteroatoms. The predicted octanol–water partition coefficient (Wildman–Crippen LogP) is 3.27. The summed E-state index contributed by atoms with van der Waals surface area (Å²) < 4.78 is 5.72. The molecule has 0 aromatic heterocycles. The molecule has 0 amide bonds. The molecule has 0 aliphatic carbocycles. The number of rotatable bonds is 5. The van der Waals surface area contributed by atoms with Crippen LogP contribution < -0.4 is 4.74 Å². The highest BCUT2D eigenvalue weighted by molar-refractivity contribution is 5.51. The van der Waals surface area contributed by atoms with Gasteiger partial charge in [0.25, 0.3) is 0 Å². The second kappa shape index (κ2) is 6.62. The molecule has 2 nitrogen and oxygen atoms in total. The maximum Gasteiger partial charge on any atom is 0.120 e. The molecule has 0 aliphatic rings. The summed E-state index contributed by atoms with van der Waals surface area (Å²) in [6.45, 7) is 0.614. The van der Waals surface area contributed by atoms with E-state index in [1.807, 2.05) is 60.7 Å². The Morgan fingerprint density at radius 2 is 1.83 bits per heavy atom. The summed E-state index contributed by atoms with van der Waals surface area (Å²) in [7, 11) is 0. The standard InChI is InChI=1S/C16H16O2/c17-11-5-9-14-8-4-10-16(12-14)18-13-15-6-2-1-3-7-15/h1-10,12,17H,11,13H2/b9-5+. The van der Waals surface area contributed by atoms with Crippen LogP contribution in [-0.4, -0.2) is 11.7 Å². The molecule has 0 heterocycles. The van der Waals surface area contributed by atoms with Gasteiger partial charge in [-0.1, -0.05) is 54.6 Å². The first-order valence-corrected chi connectivity index (χ1v) is 5.92. The van der Waals surface area contributed by atoms with Crippen molar-refractivity contribution in [1.29, 1.82) is 0 Å². The average Bonchev–Trinajstić information content (AvgIpc) is 2.44. The fourth-order valence-electron chi connectivity index (χ4n) is 1.64. The highest BCUT2D eigenvalue weighted by Crippen LogP contribution is 2.16. The molecular formula is C16H16O2. The Kier molecular flexibility index (Phi) is 4.56. The third-order valence-electron chi connectivity index (χ3n) is 2.52. The fraction of sp³-hybridized carbons (Fsp3) is 0.125. The highest BCUT2D eigenvalue weighted by atomic mass is 16.5. The van der Waals surface area contributed by atoms with Gasteiger partial charge in [-0.15, -0.1) is 0 Å². The van der Waals surface area contributed by atoms with Crippen molar-refractivity contribution in [3.63, 3.8) is 0 Å². The molecule has 0 radical (unpaired) electrons. The first-order valence-electron chi connectivity index (χ1n) is 5.92. The van der Waals surface area contributed by atoms with Crippen molar-refractivity contribution in [1.82, 2.24) is 0 Å². The number of aliphatic hydroxyl groups is 1. The summed E-state index contributed by atoms with van der Waals surface area (Å²) >= 11 is 0. The van der Waals surface area contributed by atoms with E-state index in [1.165, 1.54) is 0 Å². The monoisotopic (exact) mass is 240 g/mol. The van der Waals surface area contributed by atoms with E-state index in [0.717, 1.165) is 16.9 Å². The van der Waals surface area contributed by atoms with Gasteiger partial charge >= 0.3 is 0 Å². The Morgan fingerprint density at radius 1 is 1.00 bits per heavy atom. The lowest BCUT2D eigenvalue weighted by atomic mass is 10.2. The van der Waals surface area contributed by atoms with Crippen molar-refractivity contribution < 1.29 is 9.84 Å². The summed E-state index contributed by atoms with van der Waals surface area (Å²) in [4.78, 5) is 0. The number of benzene rings is 2. The zero-order chi connectivity index (χ0) is 12.6. The molecule has 0 aliphatic heterocycles. The Hall–Kier alpha value is -2.06. The van der Waals surface area contributed by atoms with Gasteiger partial charge in [0.2, 0.25) is 0 Å². The van der Waals surface area contributed by atoms with Crippen molar-refractivity contribution in [2.45, 2.75) is 6.61 Å². The van der Waals surface area contributed by atoms with E-state index in [2.05, 4.69) is 0 Å². The Bertz CT molecular complexity index is 504. The van der Waals surface area contributed by atoms with E-state index in [9.17, 15) is 0 Å². The highest BCUT2D eigenvalue weighted by Gasteiger charge is 1.96. The minimum atomic E-state index is 0.0507. The topological polar surface area (TPSA) is 29.5 Å². The van der Waals surface area contributed by atoms with E-state index < -0.39 is 0 Å². The van der Waals surface area contributed by atoms with E-state index in [-0.39, 0.29) is 6.61 Å². The molecule has 1 N–H and O–H groups in total. The number of aliphatic hydroxyl groups excluding tert-OH is 1. The molecule has 2 rings (SSSR count). The molecule has 0 saturated carbocycles. The van der Waals surface area contributed by atoms with Gasteiger partial charge in [0.15, 0.2) is 0 Å². The van der Waals surface area contributed by atoms with Gasteiger partial charge in [-0.2, -0.15) is 0 Å². The molecule has 0 unspecified atom stereocenters. The lowest BCUT2D eigenvalue weighted by Crippen LogP contribution is -1.94. The van der Waals surface area contributed by atoms with Crippen LogP contribution in [0.2, 0.25) is 0 Å². The first-order chi connectivity index (χ1) is 8.88. The van der Waals surface area contributed by atoms with Gasteiger partial charge in [-0.3, -0.25) is 0 Å². The average molecular weight is 240 g/mol. The van der Waals surface area contributed by atoms with E-state index >= 15 is 0 Å². The number of hydrogen-bond donors (Lipinski definition) is 1. The fourth-order valence-corrected chi connectivity index (χ4v) is 1.64. The zero-order valence-electron chi connectivity index (χ0n) is 10.1.